The Morgan fingerprint density at radius 1 is 0.771 bits per heavy atom. The summed E-state index contributed by atoms with van der Waals surface area (Å²) >= 11 is 5.97. The molecule has 1 heterocycles. The SMILES string of the molecule is O=C(Nc1cccc(C(F)(F)F)c1)C(=Cc1cccnc1Cl)C(=O)Nc1cccc(C(F)(F)F)c1. The van der Waals surface area contributed by atoms with Crippen molar-refractivity contribution in [1.29, 1.82) is 0 Å². The van der Waals surface area contributed by atoms with Gasteiger partial charge in [0.2, 0.25) is 0 Å². The van der Waals surface area contributed by atoms with Crippen LogP contribution in [0.2, 0.25) is 5.15 Å². The highest BCUT2D eigenvalue weighted by molar-refractivity contribution is 6.32. The predicted octanol–water partition coefficient (Wildman–Crippen LogP) is 6.43. The van der Waals surface area contributed by atoms with Crippen LogP contribution in [0.15, 0.2) is 72.4 Å². The number of aromatic nitrogens is 1. The molecule has 1 aromatic heterocycles. The van der Waals surface area contributed by atoms with Gasteiger partial charge in [0.1, 0.15) is 10.7 Å². The van der Waals surface area contributed by atoms with Crippen molar-refractivity contribution < 1.29 is 35.9 Å². The van der Waals surface area contributed by atoms with Gasteiger partial charge in [-0.25, -0.2) is 4.98 Å². The quantitative estimate of drug-likeness (QED) is 0.136. The molecule has 0 atom stereocenters. The molecule has 12 heteroatoms. The largest absolute Gasteiger partial charge is 0.416 e. The van der Waals surface area contributed by atoms with Crippen molar-refractivity contribution >= 4 is 40.9 Å². The maximum absolute atomic E-state index is 13.0. The van der Waals surface area contributed by atoms with E-state index < -0.39 is 40.9 Å². The molecule has 0 radical (unpaired) electrons. The number of pyridine rings is 1. The highest BCUT2D eigenvalue weighted by atomic mass is 35.5. The van der Waals surface area contributed by atoms with E-state index in [1.54, 1.807) is 0 Å². The van der Waals surface area contributed by atoms with Gasteiger partial charge >= 0.3 is 12.4 Å². The highest BCUT2D eigenvalue weighted by Crippen LogP contribution is 2.32. The summed E-state index contributed by atoms with van der Waals surface area (Å²) in [5.74, 6) is -2.26. The number of halogens is 7. The summed E-state index contributed by atoms with van der Waals surface area (Å²) in [6.45, 7) is 0. The number of amides is 2. The second kappa shape index (κ2) is 10.2. The molecule has 0 unspecified atom stereocenters. The van der Waals surface area contributed by atoms with Crippen LogP contribution >= 0.6 is 11.6 Å². The number of hydrogen-bond acceptors (Lipinski definition) is 3. The zero-order valence-electron chi connectivity index (χ0n) is 17.3. The third-order valence-corrected chi connectivity index (χ3v) is 4.79. The molecule has 0 aliphatic carbocycles. The van der Waals surface area contributed by atoms with Crippen molar-refractivity contribution in [3.05, 3.63) is 94.3 Å². The number of carbonyl (C=O) groups excluding carboxylic acids is 2. The maximum atomic E-state index is 13.0. The lowest BCUT2D eigenvalue weighted by molar-refractivity contribution is -0.138. The van der Waals surface area contributed by atoms with Crippen LogP contribution in [-0.2, 0) is 21.9 Å². The lowest BCUT2D eigenvalue weighted by Crippen LogP contribution is -2.25. The molecule has 0 aliphatic rings. The summed E-state index contributed by atoms with van der Waals surface area (Å²) in [5.41, 5.74) is -3.13. The van der Waals surface area contributed by atoms with E-state index >= 15 is 0 Å². The molecule has 0 saturated carbocycles. The zero-order chi connectivity index (χ0) is 25.8. The van der Waals surface area contributed by atoms with Crippen molar-refractivity contribution in [2.75, 3.05) is 10.6 Å². The van der Waals surface area contributed by atoms with E-state index in [1.165, 1.54) is 30.5 Å². The fraction of sp³-hybridized carbons (Fsp3) is 0.0870. The monoisotopic (exact) mass is 513 g/mol. The van der Waals surface area contributed by atoms with Crippen LogP contribution in [0.5, 0.6) is 0 Å². The molecule has 5 nitrogen and oxygen atoms in total. The van der Waals surface area contributed by atoms with Gasteiger partial charge in [-0.3, -0.25) is 9.59 Å². The Kier molecular flexibility index (Phi) is 7.49. The number of rotatable bonds is 5. The van der Waals surface area contributed by atoms with Crippen molar-refractivity contribution in [2.24, 2.45) is 0 Å². The summed E-state index contributed by atoms with van der Waals surface area (Å²) in [4.78, 5) is 29.6. The van der Waals surface area contributed by atoms with Crippen molar-refractivity contribution in [1.82, 2.24) is 4.98 Å². The van der Waals surface area contributed by atoms with Crippen LogP contribution in [0.1, 0.15) is 16.7 Å². The molecule has 0 spiro atoms. The van der Waals surface area contributed by atoms with Gasteiger partial charge in [-0.05, 0) is 48.5 Å². The summed E-state index contributed by atoms with van der Waals surface area (Å²) in [7, 11) is 0. The Balaban J connectivity index is 1.95. The van der Waals surface area contributed by atoms with Gasteiger partial charge in [0.05, 0.1) is 11.1 Å². The van der Waals surface area contributed by atoms with Crippen LogP contribution < -0.4 is 10.6 Å². The van der Waals surface area contributed by atoms with Crippen molar-refractivity contribution in [3.8, 4) is 0 Å². The van der Waals surface area contributed by atoms with Gasteiger partial charge in [-0.1, -0.05) is 29.8 Å². The first kappa shape index (κ1) is 25.8. The lowest BCUT2D eigenvalue weighted by Gasteiger charge is -2.13. The fourth-order valence-corrected chi connectivity index (χ4v) is 3.01. The van der Waals surface area contributed by atoms with E-state index in [2.05, 4.69) is 15.6 Å². The average Bonchev–Trinajstić information content (AvgIpc) is 2.77. The topological polar surface area (TPSA) is 71.1 Å². The van der Waals surface area contributed by atoms with Gasteiger partial charge in [0.25, 0.3) is 11.8 Å². The lowest BCUT2D eigenvalue weighted by atomic mass is 10.1. The number of nitrogens with one attached hydrogen (secondary N) is 2. The summed E-state index contributed by atoms with van der Waals surface area (Å²) in [5, 5.41) is 4.28. The van der Waals surface area contributed by atoms with Gasteiger partial charge in [0, 0.05) is 23.1 Å². The Hall–Kier alpha value is -3.86. The van der Waals surface area contributed by atoms with Crippen LogP contribution in [0.25, 0.3) is 6.08 Å². The summed E-state index contributed by atoms with van der Waals surface area (Å²) < 4.78 is 78.0. The average molecular weight is 514 g/mol. The second-order valence-electron chi connectivity index (χ2n) is 7.01. The molecule has 2 N–H and O–H groups in total. The molecule has 0 aliphatic heterocycles. The Labute approximate surface area is 199 Å². The molecule has 2 amide bonds. The molecule has 3 aromatic rings. The normalized spacial score (nSPS) is 11.5. The van der Waals surface area contributed by atoms with Gasteiger partial charge in [0.15, 0.2) is 0 Å². The second-order valence-corrected chi connectivity index (χ2v) is 7.36. The van der Waals surface area contributed by atoms with Gasteiger partial charge < -0.3 is 10.6 Å². The molecule has 182 valence electrons. The molecular weight excluding hydrogens is 500 g/mol. The van der Waals surface area contributed by atoms with Gasteiger partial charge in [-0.2, -0.15) is 26.3 Å². The van der Waals surface area contributed by atoms with Crippen molar-refractivity contribution in [2.45, 2.75) is 12.4 Å². The zero-order valence-corrected chi connectivity index (χ0v) is 18.1. The van der Waals surface area contributed by atoms with E-state index in [-0.39, 0.29) is 22.1 Å². The number of carbonyl (C=O) groups is 2. The first-order valence-electron chi connectivity index (χ1n) is 9.64. The third-order valence-electron chi connectivity index (χ3n) is 4.47. The number of nitrogens with zero attached hydrogens (tertiary/aromatic N) is 1. The number of anilines is 2. The minimum atomic E-state index is -4.68. The van der Waals surface area contributed by atoms with Gasteiger partial charge in [-0.15, -0.1) is 0 Å². The Morgan fingerprint density at radius 3 is 1.69 bits per heavy atom. The van der Waals surface area contributed by atoms with E-state index in [4.69, 9.17) is 11.6 Å². The summed E-state index contributed by atoms with van der Waals surface area (Å²) in [6.07, 6.45) is -7.00. The molecular formula is C23H14ClF6N3O2. The minimum Gasteiger partial charge on any atom is -0.322 e. The fourth-order valence-electron chi connectivity index (χ4n) is 2.84. The standard InChI is InChI=1S/C23H14ClF6N3O2/c24-19-13(4-3-9-31-19)10-18(20(34)32-16-7-1-5-14(11-16)22(25,26)27)21(35)33-17-8-2-6-15(12-17)23(28,29)30/h1-12H,(H,32,34)(H,33,35). The predicted molar refractivity (Wildman–Crippen MR) is 117 cm³/mol. The molecule has 3 rings (SSSR count). The first-order valence-corrected chi connectivity index (χ1v) is 10.0. The maximum Gasteiger partial charge on any atom is 0.416 e. The Bertz CT molecular complexity index is 1210. The van der Waals surface area contributed by atoms with E-state index in [0.29, 0.717) is 12.1 Å². The Morgan fingerprint density at radius 2 is 1.26 bits per heavy atom. The minimum absolute atomic E-state index is 0.0938. The smallest absolute Gasteiger partial charge is 0.322 e. The number of alkyl halides is 6. The van der Waals surface area contributed by atoms with E-state index in [1.807, 2.05) is 0 Å². The molecule has 35 heavy (non-hydrogen) atoms. The van der Waals surface area contributed by atoms with Crippen LogP contribution in [-0.4, -0.2) is 16.8 Å². The molecule has 0 fully saturated rings. The van der Waals surface area contributed by atoms with E-state index in [9.17, 15) is 35.9 Å². The van der Waals surface area contributed by atoms with E-state index in [0.717, 1.165) is 30.3 Å². The summed E-state index contributed by atoms with van der Waals surface area (Å²) in [6, 6.07) is 10.2. The molecule has 0 saturated heterocycles. The third kappa shape index (κ3) is 6.82. The first-order chi connectivity index (χ1) is 16.3. The highest BCUT2D eigenvalue weighted by Gasteiger charge is 2.32. The molecule has 0 bridgehead atoms. The van der Waals surface area contributed by atoms with Crippen molar-refractivity contribution in [3.63, 3.8) is 0 Å². The number of benzene rings is 2. The molecule has 2 aromatic carbocycles. The van der Waals surface area contributed by atoms with Crippen LogP contribution in [0.3, 0.4) is 0 Å². The van der Waals surface area contributed by atoms with Crippen LogP contribution in [0, 0.1) is 0 Å². The number of hydrogen-bond donors (Lipinski definition) is 2. The van der Waals surface area contributed by atoms with Crippen LogP contribution in [0.4, 0.5) is 37.7 Å².